The molecule has 0 saturated heterocycles. The van der Waals surface area contributed by atoms with Gasteiger partial charge in [0.25, 0.3) is 10.2 Å². The zero-order valence-electron chi connectivity index (χ0n) is 14.8. The van der Waals surface area contributed by atoms with Gasteiger partial charge in [0.05, 0.1) is 6.54 Å². The Labute approximate surface area is 149 Å². The molecule has 0 aliphatic carbocycles. The summed E-state index contributed by atoms with van der Waals surface area (Å²) in [6.45, 7) is 9.77. The SMILES string of the molecule is CC(C)CCN(CCC(C)C)S(=O)(=O)N(C)Cc1ccc(Br)o1. The summed E-state index contributed by atoms with van der Waals surface area (Å²) in [5.41, 5.74) is 0. The van der Waals surface area contributed by atoms with E-state index in [9.17, 15) is 8.42 Å². The van der Waals surface area contributed by atoms with Crippen molar-refractivity contribution in [1.82, 2.24) is 8.61 Å². The van der Waals surface area contributed by atoms with Crippen LogP contribution in [0.3, 0.4) is 0 Å². The second-order valence-corrected chi connectivity index (χ2v) is 9.55. The van der Waals surface area contributed by atoms with Gasteiger partial charge in [-0.1, -0.05) is 27.7 Å². The first-order chi connectivity index (χ1) is 10.6. The van der Waals surface area contributed by atoms with Crippen LogP contribution in [0.1, 0.15) is 46.3 Å². The maximum atomic E-state index is 12.9. The average Bonchev–Trinajstić information content (AvgIpc) is 2.83. The van der Waals surface area contributed by atoms with Crippen molar-refractivity contribution in [2.24, 2.45) is 11.8 Å². The smallest absolute Gasteiger partial charge is 0.282 e. The number of hydrogen-bond donors (Lipinski definition) is 0. The summed E-state index contributed by atoms with van der Waals surface area (Å²) in [7, 11) is -1.89. The molecule has 134 valence electrons. The first kappa shape index (κ1) is 20.7. The third-order valence-electron chi connectivity index (χ3n) is 3.64. The Morgan fingerprint density at radius 3 is 2.00 bits per heavy atom. The van der Waals surface area contributed by atoms with Gasteiger partial charge in [0.15, 0.2) is 4.67 Å². The van der Waals surface area contributed by atoms with E-state index in [1.165, 1.54) is 4.31 Å². The monoisotopic (exact) mass is 408 g/mol. The van der Waals surface area contributed by atoms with Gasteiger partial charge >= 0.3 is 0 Å². The molecule has 1 aromatic rings. The van der Waals surface area contributed by atoms with E-state index < -0.39 is 10.2 Å². The van der Waals surface area contributed by atoms with E-state index in [-0.39, 0.29) is 6.54 Å². The molecule has 0 fully saturated rings. The Morgan fingerprint density at radius 2 is 1.61 bits per heavy atom. The molecule has 23 heavy (non-hydrogen) atoms. The highest BCUT2D eigenvalue weighted by atomic mass is 79.9. The summed E-state index contributed by atoms with van der Waals surface area (Å²) in [5, 5.41) is 0. The van der Waals surface area contributed by atoms with Crippen LogP contribution in [0.5, 0.6) is 0 Å². The number of hydrogen-bond acceptors (Lipinski definition) is 3. The van der Waals surface area contributed by atoms with E-state index in [0.717, 1.165) is 12.8 Å². The van der Waals surface area contributed by atoms with E-state index in [1.54, 1.807) is 23.5 Å². The lowest BCUT2D eigenvalue weighted by atomic mass is 10.1. The van der Waals surface area contributed by atoms with Gasteiger partial charge in [0.1, 0.15) is 5.76 Å². The number of halogens is 1. The molecule has 7 heteroatoms. The first-order valence-electron chi connectivity index (χ1n) is 8.08. The van der Waals surface area contributed by atoms with Crippen LogP contribution >= 0.6 is 15.9 Å². The van der Waals surface area contributed by atoms with Crippen molar-refractivity contribution in [3.05, 3.63) is 22.6 Å². The standard InChI is InChI=1S/C16H29BrN2O3S/c1-13(2)8-10-19(11-9-14(3)4)23(20,21)18(5)12-15-6-7-16(17)22-15/h6-7,13-14H,8-12H2,1-5H3. The molecule has 0 radical (unpaired) electrons. The molecular weight excluding hydrogens is 380 g/mol. The van der Waals surface area contributed by atoms with Gasteiger partial charge in [-0.15, -0.1) is 0 Å². The summed E-state index contributed by atoms with van der Waals surface area (Å²) >= 11 is 3.24. The van der Waals surface area contributed by atoms with E-state index >= 15 is 0 Å². The van der Waals surface area contributed by atoms with Gasteiger partial charge in [0.2, 0.25) is 0 Å². The van der Waals surface area contributed by atoms with Crippen LogP contribution in [0.25, 0.3) is 0 Å². The first-order valence-corrected chi connectivity index (χ1v) is 10.3. The minimum Gasteiger partial charge on any atom is -0.453 e. The van der Waals surface area contributed by atoms with Crippen LogP contribution in [-0.2, 0) is 16.8 Å². The normalized spacial score (nSPS) is 13.0. The molecule has 1 aromatic heterocycles. The molecule has 0 aromatic carbocycles. The molecule has 0 saturated carbocycles. The Hall–Kier alpha value is -0.370. The maximum Gasteiger partial charge on any atom is 0.282 e. The Balaban J connectivity index is 2.81. The van der Waals surface area contributed by atoms with Gasteiger partial charge in [-0.05, 0) is 52.7 Å². The number of rotatable bonds is 10. The fourth-order valence-corrected chi connectivity index (χ4v) is 3.78. The minimum atomic E-state index is -3.49. The summed E-state index contributed by atoms with van der Waals surface area (Å²) in [6.07, 6.45) is 1.72. The van der Waals surface area contributed by atoms with E-state index in [4.69, 9.17) is 4.42 Å². The molecule has 0 amide bonds. The molecule has 0 aliphatic rings. The molecule has 1 heterocycles. The number of furan rings is 1. The minimum absolute atomic E-state index is 0.230. The molecule has 1 rings (SSSR count). The van der Waals surface area contributed by atoms with Crippen molar-refractivity contribution < 1.29 is 12.8 Å². The summed E-state index contributed by atoms with van der Waals surface area (Å²) < 4.78 is 34.7. The third kappa shape index (κ3) is 6.95. The lowest BCUT2D eigenvalue weighted by Crippen LogP contribution is -2.43. The molecule has 0 aliphatic heterocycles. The Kier molecular flexibility index (Phi) is 8.27. The van der Waals surface area contributed by atoms with Gasteiger partial charge in [-0.2, -0.15) is 17.0 Å². The zero-order chi connectivity index (χ0) is 17.6. The van der Waals surface area contributed by atoms with Crippen molar-refractivity contribution >= 4 is 26.1 Å². The second kappa shape index (κ2) is 9.20. The van der Waals surface area contributed by atoms with Gasteiger partial charge in [0, 0.05) is 20.1 Å². The van der Waals surface area contributed by atoms with Crippen LogP contribution < -0.4 is 0 Å². The van der Waals surface area contributed by atoms with Gasteiger partial charge in [-0.25, -0.2) is 0 Å². The largest absolute Gasteiger partial charge is 0.453 e. The molecule has 5 nitrogen and oxygen atoms in total. The topological polar surface area (TPSA) is 53.8 Å². The predicted molar refractivity (Wildman–Crippen MR) is 97.3 cm³/mol. The molecular formula is C16H29BrN2O3S. The zero-order valence-corrected chi connectivity index (χ0v) is 17.2. The summed E-state index contributed by atoms with van der Waals surface area (Å²) in [4.78, 5) is 0. The highest BCUT2D eigenvalue weighted by Crippen LogP contribution is 2.19. The highest BCUT2D eigenvalue weighted by molar-refractivity contribution is 9.10. The number of nitrogens with zero attached hydrogens (tertiary/aromatic N) is 2. The third-order valence-corrected chi connectivity index (χ3v) is 6.00. The second-order valence-electron chi connectivity index (χ2n) is 6.73. The van der Waals surface area contributed by atoms with Gasteiger partial charge in [-0.3, -0.25) is 0 Å². The fraction of sp³-hybridized carbons (Fsp3) is 0.750. The quantitative estimate of drug-likeness (QED) is 0.584. The highest BCUT2D eigenvalue weighted by Gasteiger charge is 2.27. The van der Waals surface area contributed by atoms with E-state index in [0.29, 0.717) is 35.4 Å². The van der Waals surface area contributed by atoms with Crippen LogP contribution in [-0.4, -0.2) is 37.2 Å². The van der Waals surface area contributed by atoms with E-state index in [2.05, 4.69) is 43.6 Å². The molecule has 0 spiro atoms. The summed E-state index contributed by atoms with van der Waals surface area (Å²) in [6, 6.07) is 3.55. The van der Waals surface area contributed by atoms with Crippen molar-refractivity contribution in [2.45, 2.75) is 47.1 Å². The molecule has 0 N–H and O–H groups in total. The van der Waals surface area contributed by atoms with Crippen molar-refractivity contribution in [1.29, 1.82) is 0 Å². The lowest BCUT2D eigenvalue weighted by Gasteiger charge is -2.28. The predicted octanol–water partition coefficient (Wildman–Crippen LogP) is 4.11. The fourth-order valence-electron chi connectivity index (χ4n) is 2.08. The Bertz CT molecular complexity index is 558. The molecule has 0 unspecified atom stereocenters. The lowest BCUT2D eigenvalue weighted by molar-refractivity contribution is 0.314. The van der Waals surface area contributed by atoms with Gasteiger partial charge < -0.3 is 4.42 Å². The molecule has 0 atom stereocenters. The van der Waals surface area contributed by atoms with E-state index in [1.807, 2.05) is 0 Å². The van der Waals surface area contributed by atoms with Crippen molar-refractivity contribution in [3.63, 3.8) is 0 Å². The van der Waals surface area contributed by atoms with Crippen LogP contribution in [0.15, 0.2) is 21.2 Å². The Morgan fingerprint density at radius 1 is 1.09 bits per heavy atom. The van der Waals surface area contributed by atoms with Crippen LogP contribution in [0.4, 0.5) is 0 Å². The summed E-state index contributed by atoms with van der Waals surface area (Å²) in [5.74, 6) is 1.56. The van der Waals surface area contributed by atoms with Crippen LogP contribution in [0.2, 0.25) is 0 Å². The van der Waals surface area contributed by atoms with Crippen molar-refractivity contribution in [2.75, 3.05) is 20.1 Å². The molecule has 0 bridgehead atoms. The maximum absolute atomic E-state index is 12.9. The average molecular weight is 409 g/mol. The van der Waals surface area contributed by atoms with Crippen molar-refractivity contribution in [3.8, 4) is 0 Å². The van der Waals surface area contributed by atoms with Crippen LogP contribution in [0, 0.1) is 11.8 Å².